The molecule has 2 atom stereocenters. The highest BCUT2D eigenvalue weighted by molar-refractivity contribution is 5.83. The van der Waals surface area contributed by atoms with Crippen molar-refractivity contribution in [3.05, 3.63) is 0 Å². The predicted molar refractivity (Wildman–Crippen MR) is 85.3 cm³/mol. The zero-order chi connectivity index (χ0) is 15.5. The van der Waals surface area contributed by atoms with E-state index in [-0.39, 0.29) is 29.7 Å². The second-order valence-electron chi connectivity index (χ2n) is 7.14. The van der Waals surface area contributed by atoms with E-state index in [1.54, 1.807) is 0 Å². The molecule has 2 aliphatic heterocycles. The van der Waals surface area contributed by atoms with Gasteiger partial charge in [-0.05, 0) is 51.6 Å². The fraction of sp³-hybridized carbons (Fsp3) is 0.882. The molecular formula is C17H29N3O2. The van der Waals surface area contributed by atoms with Crippen LogP contribution in [0.25, 0.3) is 0 Å². The Bertz CT molecular complexity index is 422. The molecule has 0 aromatic rings. The monoisotopic (exact) mass is 307 g/mol. The van der Waals surface area contributed by atoms with Gasteiger partial charge in [-0.15, -0.1) is 0 Å². The fourth-order valence-electron chi connectivity index (χ4n) is 3.76. The topological polar surface area (TPSA) is 52.7 Å². The van der Waals surface area contributed by atoms with Crippen molar-refractivity contribution in [3.63, 3.8) is 0 Å². The summed E-state index contributed by atoms with van der Waals surface area (Å²) in [5.41, 5.74) is 0. The Labute approximate surface area is 133 Å². The van der Waals surface area contributed by atoms with Crippen LogP contribution in [-0.4, -0.2) is 60.4 Å². The first kappa shape index (κ1) is 15.8. The van der Waals surface area contributed by atoms with Crippen molar-refractivity contribution in [3.8, 4) is 0 Å². The van der Waals surface area contributed by atoms with Crippen molar-refractivity contribution in [1.82, 2.24) is 15.1 Å². The molecule has 2 saturated heterocycles. The summed E-state index contributed by atoms with van der Waals surface area (Å²) in [7, 11) is 0. The van der Waals surface area contributed by atoms with Gasteiger partial charge in [0.1, 0.15) is 0 Å². The lowest BCUT2D eigenvalue weighted by atomic mass is 9.95. The van der Waals surface area contributed by atoms with E-state index in [1.807, 2.05) is 4.90 Å². The average molecular weight is 307 g/mol. The number of likely N-dealkylation sites (N-methyl/N-ethyl adjacent to an activating group) is 1. The third-order valence-electron chi connectivity index (χ3n) is 5.33. The summed E-state index contributed by atoms with van der Waals surface area (Å²) in [5.74, 6) is 0.704. The third kappa shape index (κ3) is 3.80. The Balaban J connectivity index is 1.49. The van der Waals surface area contributed by atoms with Crippen LogP contribution in [0.5, 0.6) is 0 Å². The van der Waals surface area contributed by atoms with Crippen LogP contribution in [0.2, 0.25) is 0 Å². The van der Waals surface area contributed by atoms with Gasteiger partial charge >= 0.3 is 0 Å². The van der Waals surface area contributed by atoms with Crippen LogP contribution in [0.15, 0.2) is 0 Å². The summed E-state index contributed by atoms with van der Waals surface area (Å²) in [5, 5.41) is 3.24. The smallest absolute Gasteiger partial charge is 0.225 e. The highest BCUT2D eigenvalue weighted by Gasteiger charge is 2.37. The van der Waals surface area contributed by atoms with E-state index in [4.69, 9.17) is 0 Å². The molecule has 3 rings (SSSR count). The van der Waals surface area contributed by atoms with E-state index in [2.05, 4.69) is 17.1 Å². The van der Waals surface area contributed by atoms with Gasteiger partial charge in [0, 0.05) is 31.6 Å². The van der Waals surface area contributed by atoms with Gasteiger partial charge in [0.25, 0.3) is 0 Å². The quantitative estimate of drug-likeness (QED) is 0.850. The average Bonchev–Trinajstić information content (AvgIpc) is 3.39. The number of rotatable bonds is 4. The molecule has 0 bridgehead atoms. The van der Waals surface area contributed by atoms with Crippen molar-refractivity contribution < 1.29 is 9.59 Å². The molecule has 1 saturated carbocycles. The Morgan fingerprint density at radius 2 is 1.77 bits per heavy atom. The molecule has 0 aromatic carbocycles. The first-order chi connectivity index (χ1) is 10.7. The number of hydrogen-bond donors (Lipinski definition) is 1. The van der Waals surface area contributed by atoms with Gasteiger partial charge in [-0.1, -0.05) is 6.92 Å². The molecule has 0 spiro atoms. The van der Waals surface area contributed by atoms with Crippen LogP contribution in [0.3, 0.4) is 0 Å². The van der Waals surface area contributed by atoms with Crippen molar-refractivity contribution >= 4 is 11.8 Å². The van der Waals surface area contributed by atoms with Gasteiger partial charge in [0.15, 0.2) is 0 Å². The van der Waals surface area contributed by atoms with Gasteiger partial charge in [0.05, 0.1) is 5.92 Å². The molecule has 0 aromatic heterocycles. The van der Waals surface area contributed by atoms with Crippen LogP contribution in [-0.2, 0) is 9.59 Å². The predicted octanol–water partition coefficient (Wildman–Crippen LogP) is 1.24. The minimum atomic E-state index is -0.00606. The van der Waals surface area contributed by atoms with Crippen LogP contribution >= 0.6 is 0 Å². The van der Waals surface area contributed by atoms with Crippen molar-refractivity contribution in [2.24, 2.45) is 11.8 Å². The summed E-state index contributed by atoms with van der Waals surface area (Å²) >= 11 is 0. The first-order valence-electron chi connectivity index (χ1n) is 8.99. The number of nitrogens with zero attached hydrogens (tertiary/aromatic N) is 2. The van der Waals surface area contributed by atoms with E-state index in [1.165, 1.54) is 0 Å². The molecule has 1 aliphatic carbocycles. The summed E-state index contributed by atoms with van der Waals surface area (Å²) in [6.45, 7) is 6.82. The van der Waals surface area contributed by atoms with E-state index in [9.17, 15) is 9.59 Å². The normalized spacial score (nSPS) is 30.1. The maximum absolute atomic E-state index is 12.5. The Morgan fingerprint density at radius 3 is 2.50 bits per heavy atom. The number of amides is 2. The van der Waals surface area contributed by atoms with Gasteiger partial charge < -0.3 is 15.1 Å². The molecule has 2 heterocycles. The first-order valence-corrected chi connectivity index (χ1v) is 8.99. The van der Waals surface area contributed by atoms with Gasteiger partial charge in [-0.2, -0.15) is 0 Å². The Morgan fingerprint density at radius 1 is 1.00 bits per heavy atom. The maximum Gasteiger partial charge on any atom is 0.225 e. The number of piperidine rings is 2. The fourth-order valence-corrected chi connectivity index (χ4v) is 3.76. The number of hydrogen-bond acceptors (Lipinski definition) is 3. The zero-order valence-electron chi connectivity index (χ0n) is 13.7. The van der Waals surface area contributed by atoms with E-state index in [0.717, 1.165) is 64.7 Å². The maximum atomic E-state index is 12.5. The van der Waals surface area contributed by atoms with E-state index < -0.39 is 0 Å². The SMILES string of the molecule is CCN1CCCC(NC(=O)C2CCCN(C(=O)C3CC3)C2)C1. The molecule has 3 fully saturated rings. The highest BCUT2D eigenvalue weighted by atomic mass is 16.2. The lowest BCUT2D eigenvalue weighted by Crippen LogP contribution is -2.52. The second-order valence-corrected chi connectivity index (χ2v) is 7.14. The minimum absolute atomic E-state index is 0.00606. The molecular weight excluding hydrogens is 278 g/mol. The molecule has 2 unspecified atom stereocenters. The lowest BCUT2D eigenvalue weighted by molar-refractivity contribution is -0.137. The molecule has 22 heavy (non-hydrogen) atoms. The molecule has 1 N–H and O–H groups in total. The molecule has 3 aliphatic rings. The van der Waals surface area contributed by atoms with Crippen LogP contribution in [0.4, 0.5) is 0 Å². The van der Waals surface area contributed by atoms with E-state index >= 15 is 0 Å². The lowest BCUT2D eigenvalue weighted by Gasteiger charge is -2.35. The van der Waals surface area contributed by atoms with Crippen LogP contribution < -0.4 is 5.32 Å². The molecule has 5 heteroatoms. The summed E-state index contributed by atoms with van der Waals surface area (Å²) in [6, 6.07) is 0.288. The zero-order valence-corrected chi connectivity index (χ0v) is 13.7. The van der Waals surface area contributed by atoms with Crippen molar-refractivity contribution in [2.45, 2.75) is 51.5 Å². The number of nitrogens with one attached hydrogen (secondary N) is 1. The Hall–Kier alpha value is -1.10. The van der Waals surface area contributed by atoms with Gasteiger partial charge in [-0.3, -0.25) is 9.59 Å². The van der Waals surface area contributed by atoms with Gasteiger partial charge in [-0.25, -0.2) is 0 Å². The van der Waals surface area contributed by atoms with E-state index in [0.29, 0.717) is 6.54 Å². The Kier molecular flexibility index (Phi) is 5.01. The van der Waals surface area contributed by atoms with Crippen LogP contribution in [0, 0.1) is 11.8 Å². The largest absolute Gasteiger partial charge is 0.352 e. The summed E-state index contributed by atoms with van der Waals surface area (Å²) in [6.07, 6.45) is 6.21. The van der Waals surface area contributed by atoms with Gasteiger partial charge in [0.2, 0.25) is 11.8 Å². The number of carbonyl (C=O) groups excluding carboxylic acids is 2. The van der Waals surface area contributed by atoms with Crippen molar-refractivity contribution in [1.29, 1.82) is 0 Å². The molecule has 124 valence electrons. The standard InChI is InChI=1S/C17H29N3O2/c1-2-19-9-4-6-15(12-19)18-16(21)14-5-3-10-20(11-14)17(22)13-7-8-13/h13-15H,2-12H2,1H3,(H,18,21). The molecule has 0 radical (unpaired) electrons. The second kappa shape index (κ2) is 6.99. The van der Waals surface area contributed by atoms with Crippen molar-refractivity contribution in [2.75, 3.05) is 32.7 Å². The molecule has 5 nitrogen and oxygen atoms in total. The summed E-state index contributed by atoms with van der Waals surface area (Å²) in [4.78, 5) is 29.1. The third-order valence-corrected chi connectivity index (χ3v) is 5.33. The number of likely N-dealkylation sites (tertiary alicyclic amines) is 2. The number of carbonyl (C=O) groups is 2. The minimum Gasteiger partial charge on any atom is -0.352 e. The highest BCUT2D eigenvalue weighted by Crippen LogP contribution is 2.32. The summed E-state index contributed by atoms with van der Waals surface area (Å²) < 4.78 is 0. The van der Waals surface area contributed by atoms with Crippen LogP contribution in [0.1, 0.15) is 45.4 Å². The molecule has 2 amide bonds.